The van der Waals surface area contributed by atoms with Crippen LogP contribution in [0.2, 0.25) is 0 Å². The number of nitrogens with zero attached hydrogens (tertiary/aromatic N) is 3. The van der Waals surface area contributed by atoms with Crippen molar-refractivity contribution in [3.63, 3.8) is 0 Å². The van der Waals surface area contributed by atoms with Gasteiger partial charge in [-0.1, -0.05) is 5.21 Å². The highest BCUT2D eigenvalue weighted by molar-refractivity contribution is 5.73. The lowest BCUT2D eigenvalue weighted by Gasteiger charge is -1.97. The number of hydrogen-bond donors (Lipinski definition) is 2. The van der Waals surface area contributed by atoms with Gasteiger partial charge in [-0.25, -0.2) is 0 Å². The lowest BCUT2D eigenvalue weighted by molar-refractivity contribution is -0.118. The van der Waals surface area contributed by atoms with Gasteiger partial charge in [-0.2, -0.15) is 0 Å². The van der Waals surface area contributed by atoms with Gasteiger partial charge in [0, 0.05) is 12.5 Å². The summed E-state index contributed by atoms with van der Waals surface area (Å²) in [6.07, 6.45) is 1.98. The number of primary amides is 1. The molecule has 0 aliphatic heterocycles. The molecule has 1 atom stereocenters. The van der Waals surface area contributed by atoms with Crippen LogP contribution >= 0.6 is 0 Å². The molecule has 0 aliphatic rings. The van der Waals surface area contributed by atoms with Crippen molar-refractivity contribution >= 4 is 5.91 Å². The number of carbonyl (C=O) groups excluding carboxylic acids is 1. The minimum atomic E-state index is -0.349. The first-order valence-electron chi connectivity index (χ1n) is 4.03. The Kier molecular flexibility index (Phi) is 2.97. The first-order chi connectivity index (χ1) is 6.09. The SMILES string of the molecule is CC(N)c1cn(CCC(N)=O)nn1. The molecule has 1 aromatic heterocycles. The van der Waals surface area contributed by atoms with Crippen molar-refractivity contribution < 1.29 is 4.79 Å². The molecule has 6 nitrogen and oxygen atoms in total. The predicted octanol–water partition coefficient (Wildman–Crippen LogP) is -0.827. The Bertz CT molecular complexity index is 293. The van der Waals surface area contributed by atoms with E-state index in [1.165, 1.54) is 0 Å². The average molecular weight is 183 g/mol. The van der Waals surface area contributed by atoms with E-state index in [9.17, 15) is 4.79 Å². The zero-order chi connectivity index (χ0) is 9.84. The van der Waals surface area contributed by atoms with Gasteiger partial charge in [-0.3, -0.25) is 9.48 Å². The Morgan fingerprint density at radius 2 is 2.46 bits per heavy atom. The highest BCUT2D eigenvalue weighted by atomic mass is 16.1. The molecule has 0 radical (unpaired) electrons. The Morgan fingerprint density at radius 1 is 1.77 bits per heavy atom. The molecule has 6 heteroatoms. The summed E-state index contributed by atoms with van der Waals surface area (Å²) >= 11 is 0. The summed E-state index contributed by atoms with van der Waals surface area (Å²) in [6.45, 7) is 2.28. The van der Waals surface area contributed by atoms with Crippen molar-refractivity contribution in [1.82, 2.24) is 15.0 Å². The van der Waals surface area contributed by atoms with Gasteiger partial charge in [-0.05, 0) is 6.92 Å². The van der Waals surface area contributed by atoms with E-state index >= 15 is 0 Å². The maximum atomic E-state index is 10.4. The third kappa shape index (κ3) is 2.83. The van der Waals surface area contributed by atoms with Gasteiger partial charge in [0.15, 0.2) is 0 Å². The minimum absolute atomic E-state index is 0.137. The second-order valence-electron chi connectivity index (χ2n) is 2.91. The summed E-state index contributed by atoms with van der Waals surface area (Å²) < 4.78 is 1.56. The number of carbonyl (C=O) groups is 1. The zero-order valence-electron chi connectivity index (χ0n) is 7.47. The first-order valence-corrected chi connectivity index (χ1v) is 4.03. The lowest BCUT2D eigenvalue weighted by atomic mass is 10.3. The lowest BCUT2D eigenvalue weighted by Crippen LogP contribution is -2.14. The molecule has 0 aromatic carbocycles. The molecular formula is C7H13N5O. The van der Waals surface area contributed by atoms with E-state index in [1.54, 1.807) is 10.9 Å². The van der Waals surface area contributed by atoms with Gasteiger partial charge in [0.05, 0.1) is 18.4 Å². The molecule has 13 heavy (non-hydrogen) atoms. The number of rotatable bonds is 4. The van der Waals surface area contributed by atoms with E-state index in [2.05, 4.69) is 10.3 Å². The van der Waals surface area contributed by atoms with E-state index in [-0.39, 0.29) is 18.4 Å². The second kappa shape index (κ2) is 3.99. The third-order valence-electron chi connectivity index (χ3n) is 1.61. The molecule has 1 amide bonds. The van der Waals surface area contributed by atoms with Crippen LogP contribution in [0.1, 0.15) is 25.1 Å². The van der Waals surface area contributed by atoms with Crippen LogP contribution in [0.4, 0.5) is 0 Å². The molecule has 1 aromatic rings. The van der Waals surface area contributed by atoms with Gasteiger partial charge in [-0.15, -0.1) is 5.10 Å². The summed E-state index contributed by atoms with van der Waals surface area (Å²) in [7, 11) is 0. The molecular weight excluding hydrogens is 170 g/mol. The molecule has 72 valence electrons. The number of aryl methyl sites for hydroxylation is 1. The van der Waals surface area contributed by atoms with E-state index in [4.69, 9.17) is 11.5 Å². The summed E-state index contributed by atoms with van der Waals surface area (Å²) in [5, 5.41) is 7.62. The smallest absolute Gasteiger partial charge is 0.219 e. The summed E-state index contributed by atoms with van der Waals surface area (Å²) in [4.78, 5) is 10.4. The number of nitrogens with two attached hydrogens (primary N) is 2. The quantitative estimate of drug-likeness (QED) is 0.636. The molecule has 4 N–H and O–H groups in total. The van der Waals surface area contributed by atoms with Crippen LogP contribution in [-0.4, -0.2) is 20.9 Å². The fourth-order valence-corrected chi connectivity index (χ4v) is 0.856. The van der Waals surface area contributed by atoms with Crippen LogP contribution in [0.3, 0.4) is 0 Å². The standard InChI is InChI=1S/C7H13N5O/c1-5(8)6-4-12(11-10-6)3-2-7(9)13/h4-5H,2-3,8H2,1H3,(H2,9,13). The van der Waals surface area contributed by atoms with Crippen molar-refractivity contribution in [2.75, 3.05) is 0 Å². The van der Waals surface area contributed by atoms with Crippen molar-refractivity contribution in [3.8, 4) is 0 Å². The van der Waals surface area contributed by atoms with Crippen LogP contribution < -0.4 is 11.5 Å². The van der Waals surface area contributed by atoms with Crippen LogP contribution in [0, 0.1) is 0 Å². The van der Waals surface area contributed by atoms with Crippen molar-refractivity contribution in [3.05, 3.63) is 11.9 Å². The Balaban J connectivity index is 2.54. The molecule has 0 spiro atoms. The van der Waals surface area contributed by atoms with E-state index in [0.717, 1.165) is 0 Å². The molecule has 1 heterocycles. The van der Waals surface area contributed by atoms with Crippen LogP contribution in [0.15, 0.2) is 6.20 Å². The van der Waals surface area contributed by atoms with Crippen molar-refractivity contribution in [1.29, 1.82) is 0 Å². The minimum Gasteiger partial charge on any atom is -0.370 e. The highest BCUT2D eigenvalue weighted by Gasteiger charge is 2.05. The molecule has 0 aliphatic carbocycles. The van der Waals surface area contributed by atoms with Gasteiger partial charge in [0.2, 0.25) is 5.91 Å². The Hall–Kier alpha value is -1.43. The number of hydrogen-bond acceptors (Lipinski definition) is 4. The highest BCUT2D eigenvalue weighted by Crippen LogP contribution is 2.03. The van der Waals surface area contributed by atoms with Crippen LogP contribution in [0.25, 0.3) is 0 Å². The van der Waals surface area contributed by atoms with E-state index in [0.29, 0.717) is 12.2 Å². The monoisotopic (exact) mass is 183 g/mol. The van der Waals surface area contributed by atoms with Gasteiger partial charge in [0.25, 0.3) is 0 Å². The van der Waals surface area contributed by atoms with Crippen molar-refractivity contribution in [2.45, 2.75) is 25.9 Å². The normalized spacial score (nSPS) is 12.8. The van der Waals surface area contributed by atoms with Gasteiger partial charge < -0.3 is 11.5 Å². The Morgan fingerprint density at radius 3 is 2.92 bits per heavy atom. The number of amides is 1. The Labute approximate surface area is 75.9 Å². The maximum Gasteiger partial charge on any atom is 0.219 e. The fraction of sp³-hybridized carbons (Fsp3) is 0.571. The first kappa shape index (κ1) is 9.66. The largest absolute Gasteiger partial charge is 0.370 e. The van der Waals surface area contributed by atoms with Crippen LogP contribution in [-0.2, 0) is 11.3 Å². The molecule has 0 bridgehead atoms. The summed E-state index contributed by atoms with van der Waals surface area (Å²) in [5.74, 6) is -0.349. The molecule has 1 rings (SSSR count). The third-order valence-corrected chi connectivity index (χ3v) is 1.61. The molecule has 0 fully saturated rings. The summed E-state index contributed by atoms with van der Waals surface area (Å²) in [5.41, 5.74) is 11.3. The second-order valence-corrected chi connectivity index (χ2v) is 2.91. The zero-order valence-corrected chi connectivity index (χ0v) is 7.47. The number of aromatic nitrogens is 3. The van der Waals surface area contributed by atoms with E-state index in [1.807, 2.05) is 6.92 Å². The predicted molar refractivity (Wildman–Crippen MR) is 46.4 cm³/mol. The average Bonchev–Trinajstić information content (AvgIpc) is 2.48. The van der Waals surface area contributed by atoms with Crippen molar-refractivity contribution in [2.24, 2.45) is 11.5 Å². The molecule has 1 unspecified atom stereocenters. The summed E-state index contributed by atoms with van der Waals surface area (Å²) in [6, 6.07) is -0.137. The maximum absolute atomic E-state index is 10.4. The van der Waals surface area contributed by atoms with Crippen LogP contribution in [0.5, 0.6) is 0 Å². The molecule has 0 saturated heterocycles. The van der Waals surface area contributed by atoms with Gasteiger partial charge >= 0.3 is 0 Å². The topological polar surface area (TPSA) is 99.8 Å². The fourth-order valence-electron chi connectivity index (χ4n) is 0.856. The molecule has 0 saturated carbocycles. The van der Waals surface area contributed by atoms with E-state index < -0.39 is 0 Å². The van der Waals surface area contributed by atoms with Gasteiger partial charge in [0.1, 0.15) is 0 Å².